The van der Waals surface area contributed by atoms with Gasteiger partial charge in [-0.15, -0.1) is 0 Å². The number of rotatable bonds is 3. The van der Waals surface area contributed by atoms with Crippen LogP contribution in [0.1, 0.15) is 10.4 Å². The van der Waals surface area contributed by atoms with Crippen molar-refractivity contribution >= 4 is 22.6 Å². The monoisotopic (exact) mass is 348 g/mol. The molecule has 0 fully saturated rings. The molecule has 0 spiro atoms. The summed E-state index contributed by atoms with van der Waals surface area (Å²) in [7, 11) is 0. The number of halogens is 1. The second-order valence-corrected chi connectivity index (χ2v) is 5.74. The average molecular weight is 348 g/mol. The Morgan fingerprint density at radius 1 is 1.00 bits per heavy atom. The maximum Gasteiger partial charge on any atom is 0.323 e. The number of hydrogen-bond donors (Lipinski definition) is 3. The number of fused-ring (bicyclic) bond motifs is 1. The largest absolute Gasteiger partial charge is 0.323 e. The topological polar surface area (TPSA) is 90.6 Å². The Morgan fingerprint density at radius 3 is 2.62 bits per heavy atom. The number of benzene rings is 2. The molecule has 26 heavy (non-hydrogen) atoms. The van der Waals surface area contributed by atoms with Gasteiger partial charge in [0.15, 0.2) is 0 Å². The van der Waals surface area contributed by atoms with Crippen molar-refractivity contribution in [2.24, 2.45) is 0 Å². The van der Waals surface area contributed by atoms with Gasteiger partial charge in [0.05, 0.1) is 22.3 Å². The summed E-state index contributed by atoms with van der Waals surface area (Å²) in [4.78, 5) is 33.1. The van der Waals surface area contributed by atoms with E-state index in [1.54, 1.807) is 42.5 Å². The van der Waals surface area contributed by atoms with Gasteiger partial charge in [-0.1, -0.05) is 12.1 Å². The van der Waals surface area contributed by atoms with Crippen LogP contribution in [0.3, 0.4) is 0 Å². The number of aromatic amines is 2. The van der Waals surface area contributed by atoms with Crippen molar-refractivity contribution in [2.75, 3.05) is 5.32 Å². The standard InChI is InChI=1S/C19H13FN4O2/c20-13-3-1-2-11(8-13)15-6-4-12(10-21-15)18(25)22-14-5-7-16-17(9-14)24-19(26)23-16/h1-10H,(H,22,25)(H2,23,24,26). The number of aromatic nitrogens is 3. The summed E-state index contributed by atoms with van der Waals surface area (Å²) in [6.07, 6.45) is 1.44. The molecule has 2 aromatic heterocycles. The normalized spacial score (nSPS) is 10.8. The van der Waals surface area contributed by atoms with E-state index in [2.05, 4.69) is 20.3 Å². The predicted molar refractivity (Wildman–Crippen MR) is 96.5 cm³/mol. The van der Waals surface area contributed by atoms with Crippen molar-refractivity contribution in [1.29, 1.82) is 0 Å². The molecule has 4 rings (SSSR count). The lowest BCUT2D eigenvalue weighted by Crippen LogP contribution is -2.12. The first-order valence-corrected chi connectivity index (χ1v) is 7.84. The van der Waals surface area contributed by atoms with Crippen LogP contribution in [0.2, 0.25) is 0 Å². The third-order valence-electron chi connectivity index (χ3n) is 3.92. The Labute approximate surface area is 146 Å². The van der Waals surface area contributed by atoms with Gasteiger partial charge < -0.3 is 15.3 Å². The van der Waals surface area contributed by atoms with Gasteiger partial charge in [0.2, 0.25) is 0 Å². The van der Waals surface area contributed by atoms with Crippen molar-refractivity contribution in [3.63, 3.8) is 0 Å². The van der Waals surface area contributed by atoms with Gasteiger partial charge in [-0.2, -0.15) is 0 Å². The summed E-state index contributed by atoms with van der Waals surface area (Å²) in [5.41, 5.74) is 3.09. The van der Waals surface area contributed by atoms with Crippen LogP contribution >= 0.6 is 0 Å². The summed E-state index contributed by atoms with van der Waals surface area (Å²) in [5, 5.41) is 2.75. The maximum absolute atomic E-state index is 13.3. The zero-order valence-corrected chi connectivity index (χ0v) is 13.4. The van der Waals surface area contributed by atoms with Crippen LogP contribution in [0, 0.1) is 5.82 Å². The molecule has 0 aliphatic heterocycles. The van der Waals surface area contributed by atoms with E-state index in [0.29, 0.717) is 33.5 Å². The van der Waals surface area contributed by atoms with Crippen molar-refractivity contribution in [1.82, 2.24) is 15.0 Å². The Hall–Kier alpha value is -3.74. The average Bonchev–Trinajstić information content (AvgIpc) is 3.01. The highest BCUT2D eigenvalue weighted by atomic mass is 19.1. The van der Waals surface area contributed by atoms with Gasteiger partial charge >= 0.3 is 5.69 Å². The number of carbonyl (C=O) groups excluding carboxylic acids is 1. The lowest BCUT2D eigenvalue weighted by Gasteiger charge is -2.06. The molecule has 0 saturated carbocycles. The van der Waals surface area contributed by atoms with Crippen LogP contribution in [-0.2, 0) is 0 Å². The molecule has 4 aromatic rings. The number of hydrogen-bond acceptors (Lipinski definition) is 3. The van der Waals surface area contributed by atoms with Crippen molar-refractivity contribution < 1.29 is 9.18 Å². The molecular weight excluding hydrogens is 335 g/mol. The number of amides is 1. The Kier molecular flexibility index (Phi) is 3.81. The number of imidazole rings is 1. The summed E-state index contributed by atoms with van der Waals surface area (Å²) >= 11 is 0. The van der Waals surface area contributed by atoms with E-state index in [9.17, 15) is 14.0 Å². The van der Waals surface area contributed by atoms with Gasteiger partial charge in [-0.3, -0.25) is 9.78 Å². The van der Waals surface area contributed by atoms with Gasteiger partial charge in [0.1, 0.15) is 5.82 Å². The molecule has 128 valence electrons. The minimum Gasteiger partial charge on any atom is -0.322 e. The zero-order chi connectivity index (χ0) is 18.1. The summed E-state index contributed by atoms with van der Waals surface area (Å²) in [5.74, 6) is -0.676. The smallest absolute Gasteiger partial charge is 0.322 e. The number of anilines is 1. The number of carbonyl (C=O) groups is 1. The van der Waals surface area contributed by atoms with Crippen LogP contribution in [0.5, 0.6) is 0 Å². The van der Waals surface area contributed by atoms with Gasteiger partial charge in [0, 0.05) is 17.4 Å². The summed E-state index contributed by atoms with van der Waals surface area (Å²) in [6, 6.07) is 14.4. The third-order valence-corrected chi connectivity index (χ3v) is 3.92. The Balaban J connectivity index is 1.54. The summed E-state index contributed by atoms with van der Waals surface area (Å²) in [6.45, 7) is 0. The van der Waals surface area contributed by atoms with Gasteiger partial charge in [0.25, 0.3) is 5.91 Å². The molecule has 0 aliphatic carbocycles. The molecule has 6 nitrogen and oxygen atoms in total. The molecule has 0 unspecified atom stereocenters. The first-order chi connectivity index (χ1) is 12.6. The SMILES string of the molecule is O=C(Nc1ccc2[nH]c(=O)[nH]c2c1)c1ccc(-c2cccc(F)c2)nc1. The van der Waals surface area contributed by atoms with Crippen LogP contribution in [0.25, 0.3) is 22.3 Å². The lowest BCUT2D eigenvalue weighted by atomic mass is 10.1. The van der Waals surface area contributed by atoms with Gasteiger partial charge in [-0.25, -0.2) is 9.18 Å². The lowest BCUT2D eigenvalue weighted by molar-refractivity contribution is 0.102. The van der Waals surface area contributed by atoms with Crippen LogP contribution in [-0.4, -0.2) is 20.9 Å². The molecule has 7 heteroatoms. The fraction of sp³-hybridized carbons (Fsp3) is 0. The van der Waals surface area contributed by atoms with Crippen molar-refractivity contribution in [3.05, 3.63) is 82.7 Å². The molecule has 3 N–H and O–H groups in total. The molecule has 2 heterocycles. The van der Waals surface area contributed by atoms with Crippen LogP contribution < -0.4 is 11.0 Å². The molecule has 2 aromatic carbocycles. The van der Waals surface area contributed by atoms with Crippen LogP contribution in [0.4, 0.5) is 10.1 Å². The number of pyridine rings is 1. The maximum atomic E-state index is 13.3. The fourth-order valence-corrected chi connectivity index (χ4v) is 2.66. The van der Waals surface area contributed by atoms with E-state index >= 15 is 0 Å². The highest BCUT2D eigenvalue weighted by Crippen LogP contribution is 2.19. The van der Waals surface area contributed by atoms with E-state index in [4.69, 9.17) is 0 Å². The number of nitrogens with one attached hydrogen (secondary N) is 3. The Morgan fingerprint density at radius 2 is 1.85 bits per heavy atom. The highest BCUT2D eigenvalue weighted by Gasteiger charge is 2.09. The van der Waals surface area contributed by atoms with E-state index in [1.165, 1.54) is 18.3 Å². The summed E-state index contributed by atoms with van der Waals surface area (Å²) < 4.78 is 13.3. The van der Waals surface area contributed by atoms with E-state index in [1.807, 2.05) is 0 Å². The Bertz CT molecular complexity index is 1160. The molecular formula is C19H13FN4O2. The van der Waals surface area contributed by atoms with Crippen molar-refractivity contribution in [3.8, 4) is 11.3 Å². The molecule has 0 aliphatic rings. The zero-order valence-electron chi connectivity index (χ0n) is 13.4. The third kappa shape index (κ3) is 3.10. The minimum atomic E-state index is -0.343. The first-order valence-electron chi connectivity index (χ1n) is 7.84. The fourth-order valence-electron chi connectivity index (χ4n) is 2.66. The molecule has 0 bridgehead atoms. The van der Waals surface area contributed by atoms with E-state index in [0.717, 1.165) is 0 Å². The molecule has 1 amide bonds. The van der Waals surface area contributed by atoms with Crippen molar-refractivity contribution in [2.45, 2.75) is 0 Å². The molecule has 0 atom stereocenters. The molecule has 0 saturated heterocycles. The van der Waals surface area contributed by atoms with E-state index < -0.39 is 0 Å². The van der Waals surface area contributed by atoms with E-state index in [-0.39, 0.29) is 17.4 Å². The number of H-pyrrole nitrogens is 2. The second kappa shape index (κ2) is 6.29. The highest BCUT2D eigenvalue weighted by molar-refractivity contribution is 6.04. The first kappa shape index (κ1) is 15.8. The van der Waals surface area contributed by atoms with Crippen LogP contribution in [0.15, 0.2) is 65.6 Å². The second-order valence-electron chi connectivity index (χ2n) is 5.74. The minimum absolute atomic E-state index is 0.305. The predicted octanol–water partition coefficient (Wildman–Crippen LogP) is 3.31. The number of nitrogens with zero attached hydrogens (tertiary/aromatic N) is 1. The quantitative estimate of drug-likeness (QED) is 0.530. The van der Waals surface area contributed by atoms with Gasteiger partial charge in [-0.05, 0) is 42.5 Å². The molecule has 0 radical (unpaired) electrons.